The first-order valence-corrected chi connectivity index (χ1v) is 6.49. The third kappa shape index (κ3) is 2.13. The molecular formula is C18H16O. The normalized spacial score (nSPS) is 17.5. The van der Waals surface area contributed by atoms with Crippen LogP contribution in [0.15, 0.2) is 85.0 Å². The predicted molar refractivity (Wildman–Crippen MR) is 78.0 cm³/mol. The van der Waals surface area contributed by atoms with Gasteiger partial charge in [-0.2, -0.15) is 0 Å². The molecule has 0 unspecified atom stereocenters. The van der Waals surface area contributed by atoms with Crippen molar-refractivity contribution in [2.75, 3.05) is 0 Å². The van der Waals surface area contributed by atoms with Gasteiger partial charge in [0.05, 0.1) is 11.5 Å². The summed E-state index contributed by atoms with van der Waals surface area (Å²) in [6, 6.07) is 20.7. The van der Waals surface area contributed by atoms with Crippen LogP contribution in [-0.2, 0) is 5.41 Å². The lowest BCUT2D eigenvalue weighted by molar-refractivity contribution is 0.268. The highest BCUT2D eigenvalue weighted by atomic mass is 16.3. The lowest BCUT2D eigenvalue weighted by Crippen LogP contribution is -2.26. The second-order valence-corrected chi connectivity index (χ2v) is 4.81. The average Bonchev–Trinajstić information content (AvgIpc) is 2.50. The van der Waals surface area contributed by atoms with E-state index in [0.717, 1.165) is 0 Å². The Labute approximate surface area is 113 Å². The van der Waals surface area contributed by atoms with Crippen molar-refractivity contribution in [3.8, 4) is 0 Å². The maximum atomic E-state index is 9.66. The molecular weight excluding hydrogens is 232 g/mol. The zero-order valence-corrected chi connectivity index (χ0v) is 10.6. The Morgan fingerprint density at radius 2 is 1.11 bits per heavy atom. The van der Waals surface area contributed by atoms with Crippen molar-refractivity contribution in [1.29, 1.82) is 0 Å². The van der Waals surface area contributed by atoms with Crippen molar-refractivity contribution in [2.24, 2.45) is 0 Å². The molecule has 2 aromatic carbocycles. The average molecular weight is 248 g/mol. The summed E-state index contributed by atoms with van der Waals surface area (Å²) in [6.07, 6.45) is 7.38. The molecule has 2 aromatic rings. The second kappa shape index (κ2) is 4.87. The minimum Gasteiger partial charge on any atom is -0.385 e. The van der Waals surface area contributed by atoms with Gasteiger partial charge in [0, 0.05) is 0 Å². The van der Waals surface area contributed by atoms with Gasteiger partial charge in [-0.3, -0.25) is 0 Å². The molecule has 0 bridgehead atoms. The van der Waals surface area contributed by atoms with E-state index in [-0.39, 0.29) is 5.41 Å². The van der Waals surface area contributed by atoms with Crippen molar-refractivity contribution in [2.45, 2.75) is 11.5 Å². The SMILES string of the molecule is OC1C=CC(c2ccccc2)(c2ccccc2)C=C1. The summed E-state index contributed by atoms with van der Waals surface area (Å²) >= 11 is 0. The zero-order valence-electron chi connectivity index (χ0n) is 10.6. The van der Waals surface area contributed by atoms with Gasteiger partial charge >= 0.3 is 0 Å². The van der Waals surface area contributed by atoms with Gasteiger partial charge < -0.3 is 5.11 Å². The Bertz CT molecular complexity index is 541. The molecule has 0 radical (unpaired) electrons. The number of hydrogen-bond donors (Lipinski definition) is 1. The molecule has 0 amide bonds. The lowest BCUT2D eigenvalue weighted by Gasteiger charge is -2.31. The Hall–Kier alpha value is -2.12. The molecule has 0 aliphatic heterocycles. The van der Waals surface area contributed by atoms with E-state index in [1.165, 1.54) is 11.1 Å². The van der Waals surface area contributed by atoms with Crippen molar-refractivity contribution in [3.63, 3.8) is 0 Å². The fraction of sp³-hybridized carbons (Fsp3) is 0.111. The molecule has 0 atom stereocenters. The molecule has 1 heteroatoms. The number of aliphatic hydroxyl groups is 1. The maximum Gasteiger partial charge on any atom is 0.0903 e. The van der Waals surface area contributed by atoms with E-state index in [1.54, 1.807) is 0 Å². The summed E-state index contributed by atoms with van der Waals surface area (Å²) < 4.78 is 0. The summed E-state index contributed by atoms with van der Waals surface area (Å²) in [6.45, 7) is 0. The van der Waals surface area contributed by atoms with Crippen molar-refractivity contribution in [3.05, 3.63) is 96.1 Å². The molecule has 3 rings (SSSR count). The van der Waals surface area contributed by atoms with Crippen LogP contribution in [0.1, 0.15) is 11.1 Å². The number of benzene rings is 2. The summed E-state index contributed by atoms with van der Waals surface area (Å²) in [5, 5.41) is 9.66. The van der Waals surface area contributed by atoms with Crippen molar-refractivity contribution in [1.82, 2.24) is 0 Å². The molecule has 0 spiro atoms. The van der Waals surface area contributed by atoms with Crippen LogP contribution in [0.25, 0.3) is 0 Å². The van der Waals surface area contributed by atoms with E-state index in [0.29, 0.717) is 0 Å². The van der Waals surface area contributed by atoms with E-state index in [2.05, 4.69) is 36.4 Å². The molecule has 1 aliphatic rings. The molecule has 0 aromatic heterocycles. The van der Waals surface area contributed by atoms with Crippen LogP contribution in [0, 0.1) is 0 Å². The third-order valence-corrected chi connectivity index (χ3v) is 3.62. The lowest BCUT2D eigenvalue weighted by atomic mass is 9.72. The molecule has 94 valence electrons. The first-order chi connectivity index (χ1) is 9.31. The highest BCUT2D eigenvalue weighted by molar-refractivity contribution is 5.51. The van der Waals surface area contributed by atoms with Crippen LogP contribution < -0.4 is 0 Å². The van der Waals surface area contributed by atoms with Crippen LogP contribution in [-0.4, -0.2) is 11.2 Å². The Kier molecular flexibility index (Phi) is 3.06. The van der Waals surface area contributed by atoms with Crippen molar-refractivity contribution < 1.29 is 5.11 Å². The monoisotopic (exact) mass is 248 g/mol. The quantitative estimate of drug-likeness (QED) is 0.807. The van der Waals surface area contributed by atoms with Crippen molar-refractivity contribution >= 4 is 0 Å². The van der Waals surface area contributed by atoms with Gasteiger partial charge in [-0.25, -0.2) is 0 Å². The van der Waals surface area contributed by atoms with E-state index in [4.69, 9.17) is 0 Å². The van der Waals surface area contributed by atoms with Crippen LogP contribution in [0.5, 0.6) is 0 Å². The van der Waals surface area contributed by atoms with Crippen LogP contribution in [0.2, 0.25) is 0 Å². The van der Waals surface area contributed by atoms with E-state index in [1.807, 2.05) is 48.6 Å². The van der Waals surface area contributed by atoms with Gasteiger partial charge in [-0.1, -0.05) is 85.0 Å². The van der Waals surface area contributed by atoms with Gasteiger partial charge in [0.25, 0.3) is 0 Å². The molecule has 1 nitrogen and oxygen atoms in total. The summed E-state index contributed by atoms with van der Waals surface area (Å²) in [5.74, 6) is 0. The van der Waals surface area contributed by atoms with Crippen LogP contribution in [0.4, 0.5) is 0 Å². The van der Waals surface area contributed by atoms with E-state index >= 15 is 0 Å². The zero-order chi connectivity index (χ0) is 13.1. The minimum atomic E-state index is -0.486. The number of hydrogen-bond acceptors (Lipinski definition) is 1. The van der Waals surface area contributed by atoms with E-state index in [9.17, 15) is 5.11 Å². The molecule has 1 N–H and O–H groups in total. The number of rotatable bonds is 2. The van der Waals surface area contributed by atoms with E-state index < -0.39 is 6.10 Å². The second-order valence-electron chi connectivity index (χ2n) is 4.81. The maximum absolute atomic E-state index is 9.66. The largest absolute Gasteiger partial charge is 0.385 e. The summed E-state index contributed by atoms with van der Waals surface area (Å²) in [7, 11) is 0. The smallest absolute Gasteiger partial charge is 0.0903 e. The number of allylic oxidation sites excluding steroid dienone is 2. The Balaban J connectivity index is 2.18. The molecule has 19 heavy (non-hydrogen) atoms. The van der Waals surface area contributed by atoms with Gasteiger partial charge in [0.1, 0.15) is 0 Å². The first kappa shape index (κ1) is 11.9. The van der Waals surface area contributed by atoms with Gasteiger partial charge in [-0.05, 0) is 11.1 Å². The topological polar surface area (TPSA) is 20.2 Å². The van der Waals surface area contributed by atoms with Crippen LogP contribution in [0.3, 0.4) is 0 Å². The highest BCUT2D eigenvalue weighted by Gasteiger charge is 2.30. The fourth-order valence-corrected chi connectivity index (χ4v) is 2.60. The van der Waals surface area contributed by atoms with Crippen LogP contribution >= 0.6 is 0 Å². The summed E-state index contributed by atoms with van der Waals surface area (Å²) in [5.41, 5.74) is 2.14. The highest BCUT2D eigenvalue weighted by Crippen LogP contribution is 2.37. The molecule has 1 aliphatic carbocycles. The molecule has 0 saturated carbocycles. The third-order valence-electron chi connectivity index (χ3n) is 3.62. The molecule has 0 saturated heterocycles. The standard InChI is InChI=1S/C18H16O/c19-17-11-13-18(14-12-17,15-7-3-1-4-8-15)16-9-5-2-6-10-16/h1-14,17,19H. The Morgan fingerprint density at radius 1 is 0.684 bits per heavy atom. The number of aliphatic hydroxyl groups excluding tert-OH is 1. The van der Waals surface area contributed by atoms with Gasteiger partial charge in [-0.15, -0.1) is 0 Å². The predicted octanol–water partition coefficient (Wildman–Crippen LogP) is 3.46. The van der Waals surface area contributed by atoms with Gasteiger partial charge in [0.2, 0.25) is 0 Å². The summed E-state index contributed by atoms with van der Waals surface area (Å²) in [4.78, 5) is 0. The first-order valence-electron chi connectivity index (χ1n) is 6.49. The minimum absolute atomic E-state index is 0.276. The Morgan fingerprint density at radius 3 is 1.53 bits per heavy atom. The molecule has 0 fully saturated rings. The van der Waals surface area contributed by atoms with Gasteiger partial charge in [0.15, 0.2) is 0 Å². The fourth-order valence-electron chi connectivity index (χ4n) is 2.60. The molecule has 0 heterocycles.